The molecule has 1 unspecified atom stereocenters. The molecule has 0 bridgehead atoms. The maximum atomic E-state index is 13.1. The topological polar surface area (TPSA) is 58.2 Å². The SMILES string of the molecule is O=C1NC(C(=O)Nc2cccc(F)c2)Cc2ccccc21. The number of fused-ring (bicyclic) bond motifs is 1. The van der Waals surface area contributed by atoms with Crippen LogP contribution >= 0.6 is 0 Å². The second-order valence-corrected chi connectivity index (χ2v) is 4.89. The molecule has 1 heterocycles. The Labute approximate surface area is 121 Å². The number of hydrogen-bond donors (Lipinski definition) is 2. The minimum absolute atomic E-state index is 0.267. The highest BCUT2D eigenvalue weighted by molar-refractivity contribution is 6.03. The van der Waals surface area contributed by atoms with E-state index in [2.05, 4.69) is 10.6 Å². The van der Waals surface area contributed by atoms with Crippen LogP contribution in [-0.2, 0) is 11.2 Å². The Morgan fingerprint density at radius 1 is 1.19 bits per heavy atom. The zero-order valence-corrected chi connectivity index (χ0v) is 11.1. The zero-order chi connectivity index (χ0) is 14.8. The Balaban J connectivity index is 1.76. The van der Waals surface area contributed by atoms with Crippen LogP contribution in [0.3, 0.4) is 0 Å². The Bertz CT molecular complexity index is 715. The molecule has 1 aliphatic heterocycles. The van der Waals surface area contributed by atoms with Crippen LogP contribution in [0, 0.1) is 5.82 Å². The number of anilines is 1. The van der Waals surface area contributed by atoms with E-state index in [-0.39, 0.29) is 11.8 Å². The molecule has 2 amide bonds. The van der Waals surface area contributed by atoms with Gasteiger partial charge in [0.25, 0.3) is 5.91 Å². The van der Waals surface area contributed by atoms with Crippen LogP contribution < -0.4 is 10.6 Å². The summed E-state index contributed by atoms with van der Waals surface area (Å²) in [4.78, 5) is 24.1. The van der Waals surface area contributed by atoms with Gasteiger partial charge in [-0.2, -0.15) is 0 Å². The summed E-state index contributed by atoms with van der Waals surface area (Å²) in [6.07, 6.45) is 0.420. The summed E-state index contributed by atoms with van der Waals surface area (Å²) in [6, 6.07) is 12.2. The fraction of sp³-hybridized carbons (Fsp3) is 0.125. The predicted molar refractivity (Wildman–Crippen MR) is 76.4 cm³/mol. The lowest BCUT2D eigenvalue weighted by Gasteiger charge is -2.24. The summed E-state index contributed by atoms with van der Waals surface area (Å²) in [6.45, 7) is 0. The number of nitrogens with one attached hydrogen (secondary N) is 2. The first-order chi connectivity index (χ1) is 10.1. The largest absolute Gasteiger partial charge is 0.340 e. The fourth-order valence-electron chi connectivity index (χ4n) is 2.38. The highest BCUT2D eigenvalue weighted by Gasteiger charge is 2.28. The van der Waals surface area contributed by atoms with Gasteiger partial charge >= 0.3 is 0 Å². The molecule has 106 valence electrons. The quantitative estimate of drug-likeness (QED) is 0.887. The monoisotopic (exact) mass is 284 g/mol. The van der Waals surface area contributed by atoms with Crippen LogP contribution in [0.2, 0.25) is 0 Å². The Morgan fingerprint density at radius 2 is 2.00 bits per heavy atom. The first-order valence-electron chi connectivity index (χ1n) is 6.59. The number of hydrogen-bond acceptors (Lipinski definition) is 2. The van der Waals surface area contributed by atoms with Crippen LogP contribution in [0.1, 0.15) is 15.9 Å². The molecule has 0 saturated heterocycles. The van der Waals surface area contributed by atoms with Gasteiger partial charge in [0.15, 0.2) is 0 Å². The van der Waals surface area contributed by atoms with Gasteiger partial charge < -0.3 is 10.6 Å². The standard InChI is InChI=1S/C16H13FN2O2/c17-11-5-3-6-12(9-11)18-16(21)14-8-10-4-1-2-7-13(10)15(20)19-14/h1-7,9,14H,8H2,(H,18,21)(H,19,20). The van der Waals surface area contributed by atoms with Crippen molar-refractivity contribution in [2.75, 3.05) is 5.32 Å². The van der Waals surface area contributed by atoms with Gasteiger partial charge in [-0.25, -0.2) is 4.39 Å². The number of amides is 2. The third-order valence-electron chi connectivity index (χ3n) is 3.40. The molecular formula is C16H13FN2O2. The summed E-state index contributed by atoms with van der Waals surface area (Å²) in [5.41, 5.74) is 1.79. The maximum absolute atomic E-state index is 13.1. The molecule has 21 heavy (non-hydrogen) atoms. The minimum Gasteiger partial charge on any atom is -0.340 e. The summed E-state index contributed by atoms with van der Waals surface area (Å²) in [5.74, 6) is -1.05. The van der Waals surface area contributed by atoms with Gasteiger partial charge in [0.2, 0.25) is 5.91 Å². The van der Waals surface area contributed by atoms with E-state index in [0.29, 0.717) is 17.7 Å². The molecule has 0 fully saturated rings. The molecule has 2 aromatic rings. The van der Waals surface area contributed by atoms with E-state index in [4.69, 9.17) is 0 Å². The summed E-state index contributed by atoms with van der Waals surface area (Å²) >= 11 is 0. The highest BCUT2D eigenvalue weighted by atomic mass is 19.1. The van der Waals surface area contributed by atoms with Crippen molar-refractivity contribution >= 4 is 17.5 Å². The fourth-order valence-corrected chi connectivity index (χ4v) is 2.38. The van der Waals surface area contributed by atoms with Crippen LogP contribution in [0.5, 0.6) is 0 Å². The summed E-state index contributed by atoms with van der Waals surface area (Å²) in [5, 5.41) is 5.27. The van der Waals surface area contributed by atoms with Crippen LogP contribution in [0.4, 0.5) is 10.1 Å². The van der Waals surface area contributed by atoms with Gasteiger partial charge in [0.05, 0.1) is 0 Å². The van der Waals surface area contributed by atoms with E-state index in [1.54, 1.807) is 18.2 Å². The highest BCUT2D eigenvalue weighted by Crippen LogP contribution is 2.17. The van der Waals surface area contributed by atoms with E-state index in [1.807, 2.05) is 12.1 Å². The van der Waals surface area contributed by atoms with E-state index < -0.39 is 11.9 Å². The van der Waals surface area contributed by atoms with E-state index in [0.717, 1.165) is 5.56 Å². The average molecular weight is 284 g/mol. The van der Waals surface area contributed by atoms with E-state index in [1.165, 1.54) is 18.2 Å². The van der Waals surface area contributed by atoms with Crippen molar-refractivity contribution < 1.29 is 14.0 Å². The molecule has 5 heteroatoms. The van der Waals surface area contributed by atoms with Crippen molar-refractivity contribution in [3.05, 3.63) is 65.5 Å². The lowest BCUT2D eigenvalue weighted by molar-refractivity contribution is -0.118. The lowest BCUT2D eigenvalue weighted by Crippen LogP contribution is -2.48. The van der Waals surface area contributed by atoms with Crippen LogP contribution in [-0.4, -0.2) is 17.9 Å². The Hall–Kier alpha value is -2.69. The predicted octanol–water partition coefficient (Wildman–Crippen LogP) is 2.12. The maximum Gasteiger partial charge on any atom is 0.252 e. The van der Waals surface area contributed by atoms with Gasteiger partial charge in [-0.3, -0.25) is 9.59 Å². The van der Waals surface area contributed by atoms with Crippen molar-refractivity contribution in [3.63, 3.8) is 0 Å². The molecule has 3 rings (SSSR count). The lowest BCUT2D eigenvalue weighted by atomic mass is 9.95. The molecular weight excluding hydrogens is 271 g/mol. The molecule has 0 saturated carbocycles. The second kappa shape index (κ2) is 5.36. The molecule has 1 atom stereocenters. The number of halogens is 1. The average Bonchev–Trinajstić information content (AvgIpc) is 2.47. The zero-order valence-electron chi connectivity index (χ0n) is 11.1. The molecule has 4 nitrogen and oxygen atoms in total. The van der Waals surface area contributed by atoms with Gasteiger partial charge in [0.1, 0.15) is 11.9 Å². The van der Waals surface area contributed by atoms with Gasteiger partial charge in [-0.05, 0) is 29.8 Å². The summed E-state index contributed by atoms with van der Waals surface area (Å²) in [7, 11) is 0. The number of carbonyl (C=O) groups excluding carboxylic acids is 2. The number of carbonyl (C=O) groups is 2. The van der Waals surface area contributed by atoms with E-state index >= 15 is 0 Å². The molecule has 2 aromatic carbocycles. The third kappa shape index (κ3) is 2.76. The molecule has 0 radical (unpaired) electrons. The second-order valence-electron chi connectivity index (χ2n) is 4.89. The van der Waals surface area contributed by atoms with Crippen molar-refractivity contribution in [3.8, 4) is 0 Å². The molecule has 1 aliphatic rings. The molecule has 0 aromatic heterocycles. The minimum atomic E-state index is -0.657. The van der Waals surface area contributed by atoms with E-state index in [9.17, 15) is 14.0 Å². The molecule has 0 spiro atoms. The number of rotatable bonds is 2. The van der Waals surface area contributed by atoms with Crippen molar-refractivity contribution in [1.82, 2.24) is 5.32 Å². The Kier molecular flexibility index (Phi) is 3.39. The summed E-state index contributed by atoms with van der Waals surface area (Å²) < 4.78 is 13.1. The van der Waals surface area contributed by atoms with Crippen molar-refractivity contribution in [1.29, 1.82) is 0 Å². The van der Waals surface area contributed by atoms with Gasteiger partial charge in [-0.15, -0.1) is 0 Å². The third-order valence-corrected chi connectivity index (χ3v) is 3.40. The van der Waals surface area contributed by atoms with Crippen LogP contribution in [0.25, 0.3) is 0 Å². The smallest absolute Gasteiger partial charge is 0.252 e. The number of benzene rings is 2. The molecule has 2 N–H and O–H groups in total. The Morgan fingerprint density at radius 3 is 2.81 bits per heavy atom. The normalized spacial score (nSPS) is 16.8. The molecule has 0 aliphatic carbocycles. The van der Waals surface area contributed by atoms with Crippen molar-refractivity contribution in [2.24, 2.45) is 0 Å². The van der Waals surface area contributed by atoms with Gasteiger partial charge in [-0.1, -0.05) is 24.3 Å². The first kappa shape index (κ1) is 13.3. The van der Waals surface area contributed by atoms with Gasteiger partial charge in [0, 0.05) is 17.7 Å². The van der Waals surface area contributed by atoms with Crippen molar-refractivity contribution in [2.45, 2.75) is 12.5 Å². The first-order valence-corrected chi connectivity index (χ1v) is 6.59. The van der Waals surface area contributed by atoms with Crippen LogP contribution in [0.15, 0.2) is 48.5 Å².